The Bertz CT molecular complexity index is 719. The van der Waals surface area contributed by atoms with Gasteiger partial charge in [-0.2, -0.15) is 0 Å². The van der Waals surface area contributed by atoms with Crippen LogP contribution in [-0.4, -0.2) is 45.9 Å². The van der Waals surface area contributed by atoms with E-state index in [9.17, 15) is 4.79 Å². The Balaban J connectivity index is 1.64. The van der Waals surface area contributed by atoms with Gasteiger partial charge in [-0.3, -0.25) is 14.7 Å². The number of aryl methyl sites for hydroxylation is 1. The average molecular weight is 339 g/mol. The van der Waals surface area contributed by atoms with E-state index in [4.69, 9.17) is 0 Å². The second kappa shape index (κ2) is 8.16. The van der Waals surface area contributed by atoms with Crippen molar-refractivity contribution in [1.29, 1.82) is 0 Å². The molecule has 0 spiro atoms. The molecule has 25 heavy (non-hydrogen) atoms. The lowest BCUT2D eigenvalue weighted by Crippen LogP contribution is -2.36. The highest BCUT2D eigenvalue weighted by Crippen LogP contribution is 2.21. The zero-order valence-electron chi connectivity index (χ0n) is 14.9. The lowest BCUT2D eigenvalue weighted by atomic mass is 9.93. The zero-order chi connectivity index (χ0) is 17.6. The van der Waals surface area contributed by atoms with Crippen molar-refractivity contribution in [3.8, 4) is 0 Å². The Labute approximate surface area is 148 Å². The van der Waals surface area contributed by atoms with Gasteiger partial charge in [-0.25, -0.2) is 9.97 Å². The Kier molecular flexibility index (Phi) is 5.71. The monoisotopic (exact) mass is 339 g/mol. The third-order valence-electron chi connectivity index (χ3n) is 4.56. The van der Waals surface area contributed by atoms with Gasteiger partial charge in [0.05, 0.1) is 5.69 Å². The Morgan fingerprint density at radius 2 is 2.20 bits per heavy atom. The molecule has 0 bridgehead atoms. The number of nitrogens with one attached hydrogen (secondary N) is 1. The summed E-state index contributed by atoms with van der Waals surface area (Å²) in [6.07, 6.45) is 5.10. The van der Waals surface area contributed by atoms with Gasteiger partial charge < -0.3 is 5.32 Å². The Hall–Kier alpha value is -2.34. The topological polar surface area (TPSA) is 71.0 Å². The second-order valence-corrected chi connectivity index (χ2v) is 6.64. The fourth-order valence-corrected chi connectivity index (χ4v) is 3.46. The molecule has 2 aromatic rings. The standard InChI is InChI=1S/C19H25N5O/c1-14-22-17(11-18(23-14)19(25)20-2)10-15-6-5-9-24(12-15)13-16-7-3-4-8-21-16/h3-4,7-8,11,15H,5-6,9-10,12-13H2,1-2H3,(H,20,25)/t15-/m1/s1. The lowest BCUT2D eigenvalue weighted by Gasteiger charge is -2.32. The molecular formula is C19H25N5O. The highest BCUT2D eigenvalue weighted by Gasteiger charge is 2.21. The van der Waals surface area contributed by atoms with Gasteiger partial charge in [0.2, 0.25) is 0 Å². The van der Waals surface area contributed by atoms with Crippen molar-refractivity contribution < 1.29 is 4.79 Å². The number of piperidine rings is 1. The van der Waals surface area contributed by atoms with Crippen LogP contribution in [0, 0.1) is 12.8 Å². The van der Waals surface area contributed by atoms with Crippen molar-refractivity contribution in [3.63, 3.8) is 0 Å². The van der Waals surface area contributed by atoms with Crippen molar-refractivity contribution in [1.82, 2.24) is 25.2 Å². The number of likely N-dealkylation sites (tertiary alicyclic amines) is 1. The number of aromatic nitrogens is 3. The molecule has 1 N–H and O–H groups in total. The quantitative estimate of drug-likeness (QED) is 0.902. The first-order valence-corrected chi connectivity index (χ1v) is 8.83. The van der Waals surface area contributed by atoms with Crippen molar-refractivity contribution in [3.05, 3.63) is 53.4 Å². The molecule has 0 saturated carbocycles. The van der Waals surface area contributed by atoms with Crippen LogP contribution >= 0.6 is 0 Å². The molecule has 0 aromatic carbocycles. The molecule has 2 aromatic heterocycles. The van der Waals surface area contributed by atoms with Gasteiger partial charge in [-0.1, -0.05) is 6.07 Å². The van der Waals surface area contributed by atoms with Crippen molar-refractivity contribution >= 4 is 5.91 Å². The van der Waals surface area contributed by atoms with Gasteiger partial charge in [-0.15, -0.1) is 0 Å². The van der Waals surface area contributed by atoms with Gasteiger partial charge in [0, 0.05) is 32.0 Å². The van der Waals surface area contributed by atoms with Crippen LogP contribution in [0.1, 0.15) is 40.5 Å². The van der Waals surface area contributed by atoms with Gasteiger partial charge in [0.1, 0.15) is 11.5 Å². The Morgan fingerprint density at radius 1 is 1.32 bits per heavy atom. The third-order valence-corrected chi connectivity index (χ3v) is 4.56. The van der Waals surface area contributed by atoms with Gasteiger partial charge in [-0.05, 0) is 56.8 Å². The molecule has 0 radical (unpaired) electrons. The van der Waals surface area contributed by atoms with E-state index >= 15 is 0 Å². The van der Waals surface area contributed by atoms with Crippen molar-refractivity contribution in [2.24, 2.45) is 5.92 Å². The molecule has 6 heteroatoms. The first-order valence-electron chi connectivity index (χ1n) is 8.83. The van der Waals surface area contributed by atoms with Crippen molar-refractivity contribution in [2.75, 3.05) is 20.1 Å². The van der Waals surface area contributed by atoms with Crippen LogP contribution in [0.4, 0.5) is 0 Å². The summed E-state index contributed by atoms with van der Waals surface area (Å²) in [6, 6.07) is 7.88. The first kappa shape index (κ1) is 17.5. The zero-order valence-corrected chi connectivity index (χ0v) is 14.9. The van der Waals surface area contributed by atoms with Crippen LogP contribution in [0.15, 0.2) is 30.5 Å². The maximum atomic E-state index is 11.8. The number of rotatable bonds is 5. The normalized spacial score (nSPS) is 18.1. The fraction of sp³-hybridized carbons (Fsp3) is 0.474. The molecule has 3 heterocycles. The summed E-state index contributed by atoms with van der Waals surface area (Å²) in [5.74, 6) is 1.04. The molecule has 1 fully saturated rings. The van der Waals surface area contributed by atoms with Crippen LogP contribution in [0.5, 0.6) is 0 Å². The van der Waals surface area contributed by atoms with E-state index in [2.05, 4.69) is 31.2 Å². The fourth-order valence-electron chi connectivity index (χ4n) is 3.46. The van der Waals surface area contributed by atoms with Crippen LogP contribution in [0.25, 0.3) is 0 Å². The molecule has 132 valence electrons. The maximum absolute atomic E-state index is 11.8. The highest BCUT2D eigenvalue weighted by molar-refractivity contribution is 5.92. The molecule has 1 atom stereocenters. The molecule has 1 aliphatic heterocycles. The number of nitrogens with zero attached hydrogens (tertiary/aromatic N) is 4. The summed E-state index contributed by atoms with van der Waals surface area (Å²) in [6.45, 7) is 4.88. The minimum Gasteiger partial charge on any atom is -0.354 e. The van der Waals surface area contributed by atoms with Gasteiger partial charge in [0.15, 0.2) is 0 Å². The Morgan fingerprint density at radius 3 is 2.96 bits per heavy atom. The SMILES string of the molecule is CNC(=O)c1cc(C[C@H]2CCCN(Cc3ccccn3)C2)nc(C)n1. The predicted octanol–water partition coefficient (Wildman–Crippen LogP) is 1.99. The summed E-state index contributed by atoms with van der Waals surface area (Å²) < 4.78 is 0. The average Bonchev–Trinajstić information content (AvgIpc) is 2.61. The summed E-state index contributed by atoms with van der Waals surface area (Å²) >= 11 is 0. The summed E-state index contributed by atoms with van der Waals surface area (Å²) in [7, 11) is 1.62. The molecule has 1 aliphatic rings. The number of carbonyl (C=O) groups excluding carboxylic acids is 1. The molecule has 0 unspecified atom stereocenters. The van der Waals surface area contributed by atoms with Crippen LogP contribution in [-0.2, 0) is 13.0 Å². The van der Waals surface area contributed by atoms with E-state index in [1.54, 1.807) is 7.05 Å². The molecular weight excluding hydrogens is 314 g/mol. The van der Waals surface area contributed by atoms with Crippen LogP contribution in [0.2, 0.25) is 0 Å². The molecule has 1 saturated heterocycles. The van der Waals surface area contributed by atoms with E-state index in [1.807, 2.05) is 31.3 Å². The van der Waals surface area contributed by atoms with E-state index in [0.717, 1.165) is 37.4 Å². The summed E-state index contributed by atoms with van der Waals surface area (Å²) in [4.78, 5) is 27.5. The smallest absolute Gasteiger partial charge is 0.269 e. The van der Waals surface area contributed by atoms with Gasteiger partial charge >= 0.3 is 0 Å². The molecule has 0 aliphatic carbocycles. The minimum absolute atomic E-state index is 0.160. The first-order chi connectivity index (χ1) is 12.1. The minimum atomic E-state index is -0.160. The number of hydrogen-bond acceptors (Lipinski definition) is 5. The highest BCUT2D eigenvalue weighted by atomic mass is 16.1. The van der Waals surface area contributed by atoms with E-state index < -0.39 is 0 Å². The lowest BCUT2D eigenvalue weighted by molar-refractivity contribution is 0.0957. The van der Waals surface area contributed by atoms with Crippen molar-refractivity contribution in [2.45, 2.75) is 32.7 Å². The number of amides is 1. The second-order valence-electron chi connectivity index (χ2n) is 6.64. The van der Waals surface area contributed by atoms with E-state index in [-0.39, 0.29) is 5.91 Å². The third kappa shape index (κ3) is 4.82. The number of pyridine rings is 1. The molecule has 1 amide bonds. The van der Waals surface area contributed by atoms with Crippen LogP contribution < -0.4 is 5.32 Å². The van der Waals surface area contributed by atoms with E-state index in [1.165, 1.54) is 12.8 Å². The largest absolute Gasteiger partial charge is 0.354 e. The predicted molar refractivity (Wildman–Crippen MR) is 96.1 cm³/mol. The number of carbonyl (C=O) groups is 1. The maximum Gasteiger partial charge on any atom is 0.269 e. The van der Waals surface area contributed by atoms with Gasteiger partial charge in [0.25, 0.3) is 5.91 Å². The summed E-state index contributed by atoms with van der Waals surface area (Å²) in [5, 5.41) is 2.63. The summed E-state index contributed by atoms with van der Waals surface area (Å²) in [5.41, 5.74) is 2.52. The molecule has 6 nitrogen and oxygen atoms in total. The molecule has 3 rings (SSSR count). The van der Waals surface area contributed by atoms with E-state index in [0.29, 0.717) is 17.4 Å². The van der Waals surface area contributed by atoms with Crippen LogP contribution in [0.3, 0.4) is 0 Å². The number of hydrogen-bond donors (Lipinski definition) is 1.